The predicted molar refractivity (Wildman–Crippen MR) is 141 cm³/mol. The molecule has 5 nitrogen and oxygen atoms in total. The van der Waals surface area contributed by atoms with E-state index in [1.165, 1.54) is 12.1 Å². The van der Waals surface area contributed by atoms with Gasteiger partial charge in [-0.15, -0.1) is 13.2 Å². The van der Waals surface area contributed by atoms with Gasteiger partial charge in [-0.3, -0.25) is 4.79 Å². The van der Waals surface area contributed by atoms with Crippen LogP contribution in [0.4, 0.5) is 18.9 Å². The highest BCUT2D eigenvalue weighted by molar-refractivity contribution is 6.31. The molecule has 0 aliphatic carbocycles. The SMILES string of the molecule is CCc1nn2ccc(Cl)cc2c1C(=O)Cc1ccc(N2CCC(c3ccc(OC(F)(F)F)cc3)CC2)cc1. The van der Waals surface area contributed by atoms with E-state index in [1.54, 1.807) is 35.0 Å². The normalized spacial score (nSPS) is 14.7. The number of aromatic nitrogens is 2. The molecule has 1 aliphatic rings. The van der Waals surface area contributed by atoms with Gasteiger partial charge in [0.05, 0.1) is 16.8 Å². The first-order valence-corrected chi connectivity index (χ1v) is 13.0. The minimum absolute atomic E-state index is 0.0133. The largest absolute Gasteiger partial charge is 0.573 e. The molecule has 38 heavy (non-hydrogen) atoms. The monoisotopic (exact) mass is 541 g/mol. The number of ketones is 1. The molecule has 0 radical (unpaired) electrons. The van der Waals surface area contributed by atoms with Crippen molar-refractivity contribution in [3.8, 4) is 5.75 Å². The lowest BCUT2D eigenvalue weighted by Gasteiger charge is -2.34. The Hall–Kier alpha value is -3.52. The molecule has 0 bridgehead atoms. The van der Waals surface area contributed by atoms with Crippen LogP contribution in [-0.2, 0) is 12.8 Å². The molecule has 1 fully saturated rings. The molecule has 1 aliphatic heterocycles. The Morgan fingerprint density at radius 3 is 2.37 bits per heavy atom. The van der Waals surface area contributed by atoms with Crippen molar-refractivity contribution in [2.24, 2.45) is 0 Å². The number of pyridine rings is 1. The van der Waals surface area contributed by atoms with Gasteiger partial charge in [0.25, 0.3) is 0 Å². The summed E-state index contributed by atoms with van der Waals surface area (Å²) in [4.78, 5) is 15.6. The smallest absolute Gasteiger partial charge is 0.406 e. The fraction of sp³-hybridized carbons (Fsp3) is 0.310. The topological polar surface area (TPSA) is 46.8 Å². The molecule has 0 atom stereocenters. The Bertz CT molecular complexity index is 1420. The highest BCUT2D eigenvalue weighted by atomic mass is 35.5. The summed E-state index contributed by atoms with van der Waals surface area (Å²) >= 11 is 6.17. The number of aryl methyl sites for hydroxylation is 1. The first-order valence-electron chi connectivity index (χ1n) is 12.6. The molecule has 4 aromatic rings. The maximum absolute atomic E-state index is 13.3. The number of Topliss-reactive ketones (excluding diaryl/α,β-unsaturated/α-hetero) is 1. The number of nitrogens with zero attached hydrogens (tertiary/aromatic N) is 3. The average Bonchev–Trinajstić information content (AvgIpc) is 3.27. The van der Waals surface area contributed by atoms with Gasteiger partial charge in [-0.05, 0) is 72.7 Å². The fourth-order valence-corrected chi connectivity index (χ4v) is 5.29. The van der Waals surface area contributed by atoms with Crippen LogP contribution < -0.4 is 9.64 Å². The van der Waals surface area contributed by atoms with Crippen LogP contribution in [0.1, 0.15) is 52.9 Å². The lowest BCUT2D eigenvalue weighted by Crippen LogP contribution is -2.32. The number of fused-ring (bicyclic) bond motifs is 1. The average molecular weight is 542 g/mol. The number of carbonyl (C=O) groups excluding carboxylic acids is 1. The van der Waals surface area contributed by atoms with Gasteiger partial charge >= 0.3 is 6.36 Å². The zero-order valence-electron chi connectivity index (χ0n) is 20.8. The second kappa shape index (κ2) is 10.7. The zero-order valence-corrected chi connectivity index (χ0v) is 21.6. The maximum Gasteiger partial charge on any atom is 0.573 e. The molecule has 9 heteroatoms. The maximum atomic E-state index is 13.3. The molecular formula is C29H27ClF3N3O2. The number of ether oxygens (including phenoxy) is 1. The van der Waals surface area contributed by atoms with E-state index < -0.39 is 6.36 Å². The number of hydrogen-bond acceptors (Lipinski definition) is 4. The van der Waals surface area contributed by atoms with Crippen LogP contribution in [0.3, 0.4) is 0 Å². The molecule has 0 spiro atoms. The molecular weight excluding hydrogens is 515 g/mol. The second-order valence-corrected chi connectivity index (χ2v) is 9.93. The Kier molecular flexibility index (Phi) is 7.34. The molecule has 3 heterocycles. The van der Waals surface area contributed by atoms with Gasteiger partial charge in [-0.2, -0.15) is 5.10 Å². The van der Waals surface area contributed by atoms with Gasteiger partial charge in [-0.25, -0.2) is 4.52 Å². The molecule has 0 saturated carbocycles. The van der Waals surface area contributed by atoms with Crippen LogP contribution in [0.15, 0.2) is 66.9 Å². The van der Waals surface area contributed by atoms with Crippen LogP contribution in [0, 0.1) is 0 Å². The molecule has 2 aromatic carbocycles. The minimum Gasteiger partial charge on any atom is -0.406 e. The van der Waals surface area contributed by atoms with Crippen molar-refractivity contribution < 1.29 is 22.7 Å². The van der Waals surface area contributed by atoms with E-state index in [2.05, 4.69) is 14.7 Å². The molecule has 1 saturated heterocycles. The van der Waals surface area contributed by atoms with Crippen molar-refractivity contribution in [2.75, 3.05) is 18.0 Å². The van der Waals surface area contributed by atoms with E-state index in [1.807, 2.05) is 31.2 Å². The number of rotatable bonds is 7. The Labute approximate surface area is 223 Å². The van der Waals surface area contributed by atoms with Crippen LogP contribution in [0.5, 0.6) is 5.75 Å². The van der Waals surface area contributed by atoms with E-state index in [-0.39, 0.29) is 23.9 Å². The van der Waals surface area contributed by atoms with Crippen molar-refractivity contribution in [3.05, 3.63) is 94.3 Å². The van der Waals surface area contributed by atoms with E-state index in [4.69, 9.17) is 11.6 Å². The van der Waals surface area contributed by atoms with Crippen LogP contribution in [0.2, 0.25) is 5.02 Å². The fourth-order valence-electron chi connectivity index (χ4n) is 5.13. The van der Waals surface area contributed by atoms with Crippen LogP contribution in [0.25, 0.3) is 5.52 Å². The third kappa shape index (κ3) is 5.80. The summed E-state index contributed by atoms with van der Waals surface area (Å²) in [6.45, 7) is 3.66. The van der Waals surface area contributed by atoms with Gasteiger partial charge < -0.3 is 9.64 Å². The van der Waals surface area contributed by atoms with Crippen molar-refractivity contribution in [1.82, 2.24) is 9.61 Å². The quantitative estimate of drug-likeness (QED) is 0.231. The first-order chi connectivity index (χ1) is 18.2. The second-order valence-electron chi connectivity index (χ2n) is 9.49. The van der Waals surface area contributed by atoms with Gasteiger partial charge in [0.2, 0.25) is 0 Å². The molecule has 0 N–H and O–H groups in total. The van der Waals surface area contributed by atoms with Crippen molar-refractivity contribution in [1.29, 1.82) is 0 Å². The van der Waals surface area contributed by atoms with Crippen molar-refractivity contribution >= 4 is 28.6 Å². The molecule has 0 amide bonds. The minimum atomic E-state index is -4.68. The number of halogens is 4. The summed E-state index contributed by atoms with van der Waals surface area (Å²) in [5.41, 5.74) is 5.15. The number of carbonyl (C=O) groups is 1. The predicted octanol–water partition coefficient (Wildman–Crippen LogP) is 7.26. The van der Waals surface area contributed by atoms with E-state index in [0.29, 0.717) is 17.0 Å². The summed E-state index contributed by atoms with van der Waals surface area (Å²) in [6, 6.07) is 17.8. The summed E-state index contributed by atoms with van der Waals surface area (Å²) in [6.07, 6.45) is -0.189. The van der Waals surface area contributed by atoms with E-state index >= 15 is 0 Å². The van der Waals surface area contributed by atoms with Crippen molar-refractivity contribution in [2.45, 2.75) is 44.9 Å². The van der Waals surface area contributed by atoms with Gasteiger partial charge in [-0.1, -0.05) is 42.8 Å². The van der Waals surface area contributed by atoms with Crippen molar-refractivity contribution in [3.63, 3.8) is 0 Å². The number of alkyl halides is 3. The highest BCUT2D eigenvalue weighted by Crippen LogP contribution is 2.32. The third-order valence-corrected chi connectivity index (χ3v) is 7.26. The van der Waals surface area contributed by atoms with E-state index in [0.717, 1.165) is 54.0 Å². The van der Waals surface area contributed by atoms with Crippen LogP contribution in [-0.4, -0.2) is 34.8 Å². The lowest BCUT2D eigenvalue weighted by atomic mass is 9.89. The number of anilines is 1. The van der Waals surface area contributed by atoms with E-state index in [9.17, 15) is 18.0 Å². The van der Waals surface area contributed by atoms with Gasteiger partial charge in [0.1, 0.15) is 5.75 Å². The van der Waals surface area contributed by atoms with Crippen LogP contribution >= 0.6 is 11.6 Å². The summed E-state index contributed by atoms with van der Waals surface area (Å²) in [7, 11) is 0. The van der Waals surface area contributed by atoms with Gasteiger partial charge in [0, 0.05) is 36.4 Å². The summed E-state index contributed by atoms with van der Waals surface area (Å²) in [5.74, 6) is 0.100. The standard InChI is InChI=1S/C29H27ClF3N3O2/c1-2-25-28(26-18-22(30)13-16-36(26)34-25)27(37)17-19-3-7-23(8-4-19)35-14-11-21(12-15-35)20-5-9-24(10-6-20)38-29(31,32)33/h3-10,13,16,18,21H,2,11-12,14-15,17H2,1H3. The highest BCUT2D eigenvalue weighted by Gasteiger charge is 2.31. The third-order valence-electron chi connectivity index (χ3n) is 7.03. The molecule has 5 rings (SSSR count). The molecule has 2 aromatic heterocycles. The Morgan fingerprint density at radius 1 is 1.05 bits per heavy atom. The summed E-state index contributed by atoms with van der Waals surface area (Å²) in [5, 5.41) is 5.10. The lowest BCUT2D eigenvalue weighted by molar-refractivity contribution is -0.274. The Balaban J connectivity index is 1.20. The number of benzene rings is 2. The molecule has 198 valence electrons. The first kappa shape index (κ1) is 26.1. The zero-order chi connectivity index (χ0) is 26.9. The Morgan fingerprint density at radius 2 is 1.74 bits per heavy atom. The molecule has 0 unspecified atom stereocenters. The number of hydrogen-bond donors (Lipinski definition) is 0. The number of piperidine rings is 1. The van der Waals surface area contributed by atoms with Gasteiger partial charge in [0.15, 0.2) is 5.78 Å². The summed E-state index contributed by atoms with van der Waals surface area (Å²) < 4.78 is 42.9.